The minimum absolute atomic E-state index is 0.125. The number of nitrogens with zero attached hydrogens (tertiary/aromatic N) is 2. The molecule has 2 fully saturated rings. The first-order valence-corrected chi connectivity index (χ1v) is 8.08. The molecule has 2 aliphatic heterocycles. The fraction of sp³-hybridized carbons (Fsp3) is 0.688. The SMILES string of the molecule is CCCNC(c1cnccc1N)C1CN2CCCC2CO1. The largest absolute Gasteiger partial charge is 0.398 e. The molecule has 21 heavy (non-hydrogen) atoms. The Labute approximate surface area is 126 Å². The Morgan fingerprint density at radius 2 is 2.48 bits per heavy atom. The summed E-state index contributed by atoms with van der Waals surface area (Å²) in [6, 6.07) is 2.62. The second-order valence-corrected chi connectivity index (χ2v) is 6.10. The van der Waals surface area contributed by atoms with Crippen molar-refractivity contribution in [2.24, 2.45) is 0 Å². The average molecular weight is 290 g/mol. The number of hydrogen-bond donors (Lipinski definition) is 2. The predicted molar refractivity (Wildman–Crippen MR) is 84.0 cm³/mol. The van der Waals surface area contributed by atoms with Gasteiger partial charge in [0.2, 0.25) is 0 Å². The molecule has 1 aromatic rings. The van der Waals surface area contributed by atoms with E-state index in [0.29, 0.717) is 6.04 Å². The van der Waals surface area contributed by atoms with Gasteiger partial charge in [0.25, 0.3) is 0 Å². The van der Waals surface area contributed by atoms with Gasteiger partial charge in [0.15, 0.2) is 0 Å². The number of nitrogen functional groups attached to an aromatic ring is 1. The zero-order valence-electron chi connectivity index (χ0n) is 12.8. The predicted octanol–water partition coefficient (Wildman–Crippen LogP) is 1.57. The molecule has 5 heteroatoms. The molecule has 5 nitrogen and oxygen atoms in total. The lowest BCUT2D eigenvalue weighted by atomic mass is 9.99. The molecule has 116 valence electrons. The number of nitrogens with two attached hydrogens (primary N) is 1. The highest BCUT2D eigenvalue weighted by Gasteiger charge is 2.36. The lowest BCUT2D eigenvalue weighted by Crippen LogP contribution is -2.50. The summed E-state index contributed by atoms with van der Waals surface area (Å²) in [4.78, 5) is 6.82. The molecule has 0 amide bonds. The molecule has 3 N–H and O–H groups in total. The van der Waals surface area contributed by atoms with E-state index in [-0.39, 0.29) is 12.1 Å². The lowest BCUT2D eigenvalue weighted by molar-refractivity contribution is -0.0651. The van der Waals surface area contributed by atoms with Gasteiger partial charge in [-0.3, -0.25) is 9.88 Å². The van der Waals surface area contributed by atoms with Crippen LogP contribution in [0.25, 0.3) is 0 Å². The van der Waals surface area contributed by atoms with Gasteiger partial charge in [0.05, 0.1) is 18.8 Å². The van der Waals surface area contributed by atoms with Crippen molar-refractivity contribution in [2.45, 2.75) is 44.4 Å². The van der Waals surface area contributed by atoms with Crippen molar-refractivity contribution in [3.63, 3.8) is 0 Å². The average Bonchev–Trinajstić information content (AvgIpc) is 2.97. The fourth-order valence-corrected chi connectivity index (χ4v) is 3.46. The van der Waals surface area contributed by atoms with Crippen LogP contribution in [0.4, 0.5) is 5.69 Å². The van der Waals surface area contributed by atoms with E-state index in [1.165, 1.54) is 19.4 Å². The number of anilines is 1. The number of nitrogens with one attached hydrogen (secondary N) is 1. The first-order valence-electron chi connectivity index (χ1n) is 8.08. The molecule has 0 saturated carbocycles. The van der Waals surface area contributed by atoms with Crippen LogP contribution < -0.4 is 11.1 Å². The molecule has 2 saturated heterocycles. The summed E-state index contributed by atoms with van der Waals surface area (Å²) < 4.78 is 6.17. The maximum Gasteiger partial charge on any atom is 0.0898 e. The molecule has 0 radical (unpaired) electrons. The van der Waals surface area contributed by atoms with Gasteiger partial charge in [0.1, 0.15) is 0 Å². The summed E-state index contributed by atoms with van der Waals surface area (Å²) in [6.07, 6.45) is 7.43. The maximum atomic E-state index is 6.17. The van der Waals surface area contributed by atoms with E-state index in [9.17, 15) is 0 Å². The van der Waals surface area contributed by atoms with E-state index < -0.39 is 0 Å². The van der Waals surface area contributed by atoms with Crippen molar-refractivity contribution >= 4 is 5.69 Å². The van der Waals surface area contributed by atoms with Gasteiger partial charge >= 0.3 is 0 Å². The Morgan fingerprint density at radius 3 is 3.29 bits per heavy atom. The molecule has 3 rings (SSSR count). The quantitative estimate of drug-likeness (QED) is 0.862. The minimum atomic E-state index is 0.125. The highest BCUT2D eigenvalue weighted by molar-refractivity contribution is 5.46. The van der Waals surface area contributed by atoms with Crippen LogP contribution in [0, 0.1) is 0 Å². The van der Waals surface area contributed by atoms with Crippen molar-refractivity contribution in [1.29, 1.82) is 0 Å². The van der Waals surface area contributed by atoms with E-state index in [1.54, 1.807) is 6.20 Å². The van der Waals surface area contributed by atoms with Gasteiger partial charge < -0.3 is 15.8 Å². The third kappa shape index (κ3) is 3.20. The van der Waals surface area contributed by atoms with Crippen molar-refractivity contribution in [1.82, 2.24) is 15.2 Å². The van der Waals surface area contributed by atoms with Crippen molar-refractivity contribution in [3.8, 4) is 0 Å². The zero-order valence-corrected chi connectivity index (χ0v) is 12.8. The normalized spacial score (nSPS) is 27.5. The summed E-state index contributed by atoms with van der Waals surface area (Å²) in [7, 11) is 0. The fourth-order valence-electron chi connectivity index (χ4n) is 3.46. The summed E-state index contributed by atoms with van der Waals surface area (Å²) in [5.41, 5.74) is 8.02. The first-order chi connectivity index (χ1) is 10.3. The second-order valence-electron chi connectivity index (χ2n) is 6.10. The van der Waals surface area contributed by atoms with Crippen LogP contribution in [-0.4, -0.2) is 48.3 Å². The van der Waals surface area contributed by atoms with E-state index in [1.807, 2.05) is 12.3 Å². The number of fused-ring (bicyclic) bond motifs is 1. The molecular formula is C16H26N4O. The van der Waals surface area contributed by atoms with Crippen LogP contribution in [0.5, 0.6) is 0 Å². The molecule has 0 aromatic carbocycles. The van der Waals surface area contributed by atoms with Crippen LogP contribution in [-0.2, 0) is 4.74 Å². The highest BCUT2D eigenvalue weighted by atomic mass is 16.5. The Hall–Kier alpha value is -1.17. The van der Waals surface area contributed by atoms with Crippen LogP contribution >= 0.6 is 0 Å². The van der Waals surface area contributed by atoms with Crippen molar-refractivity contribution in [2.75, 3.05) is 32.0 Å². The van der Waals surface area contributed by atoms with E-state index in [4.69, 9.17) is 10.5 Å². The topological polar surface area (TPSA) is 63.4 Å². The lowest BCUT2D eigenvalue weighted by Gasteiger charge is -2.39. The summed E-state index contributed by atoms with van der Waals surface area (Å²) in [5, 5.41) is 3.60. The molecule has 0 aliphatic carbocycles. The molecule has 3 unspecified atom stereocenters. The molecule has 3 heterocycles. The van der Waals surface area contributed by atoms with Crippen LogP contribution in [0.1, 0.15) is 37.8 Å². The number of pyridine rings is 1. The van der Waals surface area contributed by atoms with Gasteiger partial charge in [-0.15, -0.1) is 0 Å². The summed E-state index contributed by atoms with van der Waals surface area (Å²) >= 11 is 0. The maximum absolute atomic E-state index is 6.17. The highest BCUT2D eigenvalue weighted by Crippen LogP contribution is 2.30. The van der Waals surface area contributed by atoms with Crippen LogP contribution in [0.2, 0.25) is 0 Å². The number of morpholine rings is 1. The third-order valence-electron chi connectivity index (χ3n) is 4.62. The van der Waals surface area contributed by atoms with Gasteiger partial charge in [-0.2, -0.15) is 0 Å². The molecule has 0 spiro atoms. The van der Waals surface area contributed by atoms with E-state index >= 15 is 0 Å². The molecule has 3 atom stereocenters. The summed E-state index contributed by atoms with van der Waals surface area (Å²) in [5.74, 6) is 0. The Balaban J connectivity index is 1.77. The van der Waals surface area contributed by atoms with Gasteiger partial charge in [-0.1, -0.05) is 6.92 Å². The Kier molecular flexibility index (Phi) is 4.73. The number of rotatable bonds is 5. The van der Waals surface area contributed by atoms with Crippen LogP contribution in [0.15, 0.2) is 18.5 Å². The standard InChI is InChI=1S/C16H26N4O/c1-2-6-19-16(13-9-18-7-5-14(13)17)15-10-20-8-3-4-12(20)11-21-15/h5,7,9,12,15-16,19H,2-4,6,8,10-11H2,1H3,(H2,17,18). The number of hydrogen-bond acceptors (Lipinski definition) is 5. The van der Waals surface area contributed by atoms with Gasteiger partial charge in [-0.25, -0.2) is 0 Å². The summed E-state index contributed by atoms with van der Waals surface area (Å²) in [6.45, 7) is 6.17. The zero-order chi connectivity index (χ0) is 14.7. The number of ether oxygens (including phenoxy) is 1. The van der Waals surface area contributed by atoms with Crippen molar-refractivity contribution < 1.29 is 4.74 Å². The smallest absolute Gasteiger partial charge is 0.0898 e. The van der Waals surface area contributed by atoms with E-state index in [2.05, 4.69) is 22.1 Å². The van der Waals surface area contributed by atoms with Gasteiger partial charge in [-0.05, 0) is 38.4 Å². The van der Waals surface area contributed by atoms with E-state index in [0.717, 1.165) is 37.4 Å². The molecule has 1 aromatic heterocycles. The molecule has 2 aliphatic rings. The molecular weight excluding hydrogens is 264 g/mol. The third-order valence-corrected chi connectivity index (χ3v) is 4.62. The number of aromatic nitrogens is 1. The minimum Gasteiger partial charge on any atom is -0.398 e. The van der Waals surface area contributed by atoms with Crippen molar-refractivity contribution in [3.05, 3.63) is 24.0 Å². The van der Waals surface area contributed by atoms with Gasteiger partial charge in [0, 0.05) is 36.2 Å². The Morgan fingerprint density at radius 1 is 1.57 bits per heavy atom. The monoisotopic (exact) mass is 290 g/mol. The molecule has 0 bridgehead atoms. The van der Waals surface area contributed by atoms with Crippen LogP contribution in [0.3, 0.4) is 0 Å². The first kappa shape index (κ1) is 14.8. The second kappa shape index (κ2) is 6.73. The Bertz CT molecular complexity index is 467.